The first-order valence-corrected chi connectivity index (χ1v) is 5.93. The summed E-state index contributed by atoms with van der Waals surface area (Å²) in [7, 11) is 3.99. The lowest BCUT2D eigenvalue weighted by Gasteiger charge is -2.00. The van der Waals surface area contributed by atoms with Gasteiger partial charge in [0.2, 0.25) is 0 Å². The molecule has 5 heteroatoms. The summed E-state index contributed by atoms with van der Waals surface area (Å²) < 4.78 is 12.6. The summed E-state index contributed by atoms with van der Waals surface area (Å²) in [4.78, 5) is 0.600. The van der Waals surface area contributed by atoms with Gasteiger partial charge in [-0.2, -0.15) is 5.10 Å². The third-order valence-electron chi connectivity index (χ3n) is 1.79. The van der Waals surface area contributed by atoms with E-state index in [1.54, 1.807) is 23.0 Å². The Balaban J connectivity index is 2.36. The molecule has 1 aromatic carbocycles. The lowest BCUT2D eigenvalue weighted by Crippen LogP contribution is -1.93. The smallest absolute Gasteiger partial charge is 0.147 e. The average Bonchev–Trinajstić information content (AvgIpc) is 2.71. The second-order valence-electron chi connectivity index (χ2n) is 2.67. The first kappa shape index (κ1) is 9.43. The fourth-order valence-electron chi connectivity index (χ4n) is 1.13. The molecule has 0 aliphatic carbocycles. The maximum atomic E-state index is 10.9. The van der Waals surface area contributed by atoms with Gasteiger partial charge in [-0.3, -0.25) is 0 Å². The first-order valence-electron chi connectivity index (χ1n) is 3.95. The third-order valence-corrected chi connectivity index (χ3v) is 2.97. The molecule has 1 heterocycles. The molecule has 1 atom stereocenters. The van der Waals surface area contributed by atoms with Gasteiger partial charge >= 0.3 is 0 Å². The molecule has 0 saturated carbocycles. The monoisotopic (exact) mass is 226 g/mol. The lowest BCUT2D eigenvalue weighted by molar-refractivity contribution is 0.691. The molecule has 2 rings (SSSR count). The van der Waals surface area contributed by atoms with Crippen molar-refractivity contribution < 1.29 is 4.21 Å². The number of nitrogens with zero attached hydrogens (tertiary/aromatic N) is 2. The maximum Gasteiger partial charge on any atom is 0.147 e. The van der Waals surface area contributed by atoms with Crippen molar-refractivity contribution >= 4 is 20.7 Å². The van der Waals surface area contributed by atoms with Crippen LogP contribution in [0.4, 0.5) is 0 Å². The van der Waals surface area contributed by atoms with E-state index in [1.807, 2.05) is 24.4 Å². The Morgan fingerprint density at radius 2 is 2.00 bits per heavy atom. The second-order valence-corrected chi connectivity index (χ2v) is 4.43. The molecule has 72 valence electrons. The van der Waals surface area contributed by atoms with Crippen molar-refractivity contribution in [2.75, 3.05) is 0 Å². The van der Waals surface area contributed by atoms with Crippen LogP contribution in [-0.4, -0.2) is 14.0 Å². The lowest BCUT2D eigenvalue weighted by atomic mass is 10.3. The SMILES string of the molecule is O=S(Cl)c1ccc(-n2cccn2)cc1. The number of aromatic nitrogens is 2. The van der Waals surface area contributed by atoms with Crippen molar-refractivity contribution in [2.45, 2.75) is 4.90 Å². The zero-order valence-corrected chi connectivity index (χ0v) is 8.70. The van der Waals surface area contributed by atoms with E-state index in [2.05, 4.69) is 5.10 Å². The molecule has 0 spiro atoms. The first-order chi connectivity index (χ1) is 6.77. The van der Waals surface area contributed by atoms with Gasteiger partial charge in [-0.25, -0.2) is 8.89 Å². The Hall–Kier alpha value is -1.13. The van der Waals surface area contributed by atoms with E-state index in [-0.39, 0.29) is 0 Å². The molecule has 1 aromatic heterocycles. The van der Waals surface area contributed by atoms with Crippen molar-refractivity contribution in [3.8, 4) is 5.69 Å². The summed E-state index contributed by atoms with van der Waals surface area (Å²) in [5.74, 6) is 0. The van der Waals surface area contributed by atoms with Crippen LogP contribution in [0.5, 0.6) is 0 Å². The zero-order valence-electron chi connectivity index (χ0n) is 7.13. The summed E-state index contributed by atoms with van der Waals surface area (Å²) in [5, 5.41) is 4.07. The number of hydrogen-bond acceptors (Lipinski definition) is 2. The van der Waals surface area contributed by atoms with Crippen molar-refractivity contribution in [3.05, 3.63) is 42.7 Å². The topological polar surface area (TPSA) is 34.9 Å². The van der Waals surface area contributed by atoms with E-state index >= 15 is 0 Å². The molecule has 0 bridgehead atoms. The molecular formula is C9H7ClN2OS. The van der Waals surface area contributed by atoms with Crippen LogP contribution in [0, 0.1) is 0 Å². The van der Waals surface area contributed by atoms with E-state index < -0.39 is 10.0 Å². The van der Waals surface area contributed by atoms with E-state index in [0.29, 0.717) is 4.90 Å². The van der Waals surface area contributed by atoms with Gasteiger partial charge in [-0.15, -0.1) is 0 Å². The highest BCUT2D eigenvalue weighted by atomic mass is 35.7. The van der Waals surface area contributed by atoms with Crippen LogP contribution in [0.25, 0.3) is 5.69 Å². The molecular weight excluding hydrogens is 220 g/mol. The molecule has 1 unspecified atom stereocenters. The summed E-state index contributed by atoms with van der Waals surface area (Å²) in [6, 6.07) is 8.93. The molecule has 0 N–H and O–H groups in total. The number of hydrogen-bond donors (Lipinski definition) is 0. The van der Waals surface area contributed by atoms with Crippen LogP contribution in [0.15, 0.2) is 47.6 Å². The summed E-state index contributed by atoms with van der Waals surface area (Å²) >= 11 is 0. The van der Waals surface area contributed by atoms with Gasteiger partial charge in [0, 0.05) is 12.4 Å². The molecule has 0 saturated heterocycles. The predicted octanol–water partition coefficient (Wildman–Crippen LogP) is 2.13. The van der Waals surface area contributed by atoms with E-state index in [4.69, 9.17) is 10.7 Å². The number of halogens is 1. The van der Waals surface area contributed by atoms with Crippen LogP contribution >= 0.6 is 10.7 Å². The van der Waals surface area contributed by atoms with E-state index in [0.717, 1.165) is 5.69 Å². The molecule has 14 heavy (non-hydrogen) atoms. The fraction of sp³-hybridized carbons (Fsp3) is 0. The average molecular weight is 227 g/mol. The minimum Gasteiger partial charge on any atom is -0.241 e. The Morgan fingerprint density at radius 1 is 1.29 bits per heavy atom. The van der Waals surface area contributed by atoms with Crippen molar-refractivity contribution in [1.82, 2.24) is 9.78 Å². The van der Waals surface area contributed by atoms with Gasteiger partial charge in [0.15, 0.2) is 0 Å². The molecule has 0 aliphatic rings. The zero-order chi connectivity index (χ0) is 9.97. The van der Waals surface area contributed by atoms with Crippen LogP contribution in [0.3, 0.4) is 0 Å². The number of benzene rings is 1. The largest absolute Gasteiger partial charge is 0.241 e. The van der Waals surface area contributed by atoms with Gasteiger partial charge in [-0.1, -0.05) is 0 Å². The molecule has 0 radical (unpaired) electrons. The summed E-state index contributed by atoms with van der Waals surface area (Å²) in [6.07, 6.45) is 3.54. The number of rotatable bonds is 2. The predicted molar refractivity (Wildman–Crippen MR) is 55.8 cm³/mol. The standard InChI is InChI=1S/C9H7ClN2OS/c10-14(13)9-4-2-8(3-5-9)12-7-1-6-11-12/h1-7H. The molecule has 0 fully saturated rings. The maximum absolute atomic E-state index is 10.9. The van der Waals surface area contributed by atoms with Gasteiger partial charge in [0.05, 0.1) is 10.6 Å². The Bertz CT molecular complexity index is 438. The van der Waals surface area contributed by atoms with Crippen LogP contribution in [0.2, 0.25) is 0 Å². The molecule has 2 aromatic rings. The van der Waals surface area contributed by atoms with Crippen molar-refractivity contribution in [1.29, 1.82) is 0 Å². The van der Waals surface area contributed by atoms with Gasteiger partial charge in [0.1, 0.15) is 10.0 Å². The highest BCUT2D eigenvalue weighted by Gasteiger charge is 2.00. The highest BCUT2D eigenvalue weighted by Crippen LogP contribution is 2.13. The third kappa shape index (κ3) is 1.86. The summed E-state index contributed by atoms with van der Waals surface area (Å²) in [5.41, 5.74) is 0.917. The quantitative estimate of drug-likeness (QED) is 0.736. The van der Waals surface area contributed by atoms with Crippen LogP contribution < -0.4 is 0 Å². The van der Waals surface area contributed by atoms with Crippen molar-refractivity contribution in [2.24, 2.45) is 0 Å². The van der Waals surface area contributed by atoms with Gasteiger partial charge < -0.3 is 0 Å². The Labute approximate surface area is 88.3 Å². The second kappa shape index (κ2) is 3.94. The summed E-state index contributed by atoms with van der Waals surface area (Å²) in [6.45, 7) is 0. The minimum absolute atomic E-state index is 0.600. The van der Waals surface area contributed by atoms with Crippen molar-refractivity contribution in [3.63, 3.8) is 0 Å². The normalized spacial score (nSPS) is 12.6. The molecule has 3 nitrogen and oxygen atoms in total. The fourth-order valence-corrected chi connectivity index (χ4v) is 1.79. The Morgan fingerprint density at radius 3 is 2.50 bits per heavy atom. The van der Waals surface area contributed by atoms with Gasteiger partial charge in [-0.05, 0) is 41.0 Å². The van der Waals surface area contributed by atoms with E-state index in [1.165, 1.54) is 0 Å². The van der Waals surface area contributed by atoms with Crippen LogP contribution in [-0.2, 0) is 10.0 Å². The minimum atomic E-state index is -1.44. The highest BCUT2D eigenvalue weighted by molar-refractivity contribution is 8.08. The van der Waals surface area contributed by atoms with Crippen LogP contribution in [0.1, 0.15) is 0 Å². The van der Waals surface area contributed by atoms with E-state index in [9.17, 15) is 4.21 Å². The molecule has 0 amide bonds. The van der Waals surface area contributed by atoms with Gasteiger partial charge in [0.25, 0.3) is 0 Å². The Kier molecular flexibility index (Phi) is 2.65. The molecule has 0 aliphatic heterocycles.